The van der Waals surface area contributed by atoms with Gasteiger partial charge < -0.3 is 15.8 Å². The largest absolute Gasteiger partial charge is 0.435 e. The molecule has 2 aromatic heterocycles. The number of nitrogen functional groups attached to an aromatic ring is 1. The van der Waals surface area contributed by atoms with Crippen molar-refractivity contribution in [3.05, 3.63) is 54.7 Å². The number of aromatic nitrogens is 3. The lowest BCUT2D eigenvalue weighted by atomic mass is 9.95. The van der Waals surface area contributed by atoms with E-state index < -0.39 is 5.82 Å². The zero-order valence-corrected chi connectivity index (χ0v) is 15.4. The summed E-state index contributed by atoms with van der Waals surface area (Å²) in [4.78, 5) is 13.0. The lowest BCUT2D eigenvalue weighted by Gasteiger charge is -2.23. The molecular formula is C21H22FN5O. The summed E-state index contributed by atoms with van der Waals surface area (Å²) in [7, 11) is 0. The van der Waals surface area contributed by atoms with E-state index in [1.165, 1.54) is 37.7 Å². The minimum absolute atomic E-state index is 0.0590. The van der Waals surface area contributed by atoms with Crippen LogP contribution in [-0.2, 0) is 0 Å². The van der Waals surface area contributed by atoms with E-state index in [0.717, 1.165) is 18.7 Å². The SMILES string of the molecule is Nc1ccc(Oc2ncccc2-c2cc(NC3CCCCC3)ncn2)c(F)c1. The van der Waals surface area contributed by atoms with E-state index in [1.54, 1.807) is 18.3 Å². The van der Waals surface area contributed by atoms with Gasteiger partial charge in [-0.25, -0.2) is 19.3 Å². The van der Waals surface area contributed by atoms with Gasteiger partial charge in [0.1, 0.15) is 12.1 Å². The number of nitrogens with one attached hydrogen (secondary N) is 1. The molecule has 0 saturated heterocycles. The minimum Gasteiger partial charge on any atom is -0.435 e. The first-order chi connectivity index (χ1) is 13.7. The summed E-state index contributed by atoms with van der Waals surface area (Å²) in [5.74, 6) is 0.557. The molecule has 7 heteroatoms. The number of nitrogens with two attached hydrogens (primary N) is 1. The number of rotatable bonds is 5. The van der Waals surface area contributed by atoms with E-state index in [2.05, 4.69) is 20.3 Å². The zero-order valence-electron chi connectivity index (χ0n) is 15.4. The molecule has 0 unspecified atom stereocenters. The summed E-state index contributed by atoms with van der Waals surface area (Å²) in [6.45, 7) is 0. The third-order valence-electron chi connectivity index (χ3n) is 4.83. The minimum atomic E-state index is -0.543. The number of pyridine rings is 1. The van der Waals surface area contributed by atoms with Crippen LogP contribution in [0, 0.1) is 5.82 Å². The number of hydrogen-bond donors (Lipinski definition) is 2. The number of benzene rings is 1. The molecule has 2 heterocycles. The Bertz CT molecular complexity index is 959. The highest BCUT2D eigenvalue weighted by molar-refractivity contribution is 5.67. The van der Waals surface area contributed by atoms with E-state index in [0.29, 0.717) is 23.0 Å². The Balaban J connectivity index is 1.60. The molecule has 0 spiro atoms. The van der Waals surface area contributed by atoms with Gasteiger partial charge in [-0.15, -0.1) is 0 Å². The molecule has 144 valence electrons. The van der Waals surface area contributed by atoms with Gasteiger partial charge in [0.15, 0.2) is 11.6 Å². The molecule has 1 fully saturated rings. The molecule has 4 rings (SSSR count). The number of ether oxygens (including phenoxy) is 1. The molecule has 0 bridgehead atoms. The molecule has 1 saturated carbocycles. The standard InChI is InChI=1S/C21H22FN5O/c22-17-11-14(23)8-9-19(17)28-21-16(7-4-10-24-21)18-12-20(26-13-25-18)27-15-5-2-1-3-6-15/h4,7-13,15H,1-3,5-6,23H2,(H,25,26,27). The second-order valence-electron chi connectivity index (χ2n) is 6.92. The second-order valence-corrected chi connectivity index (χ2v) is 6.92. The monoisotopic (exact) mass is 379 g/mol. The first kappa shape index (κ1) is 18.2. The molecule has 0 amide bonds. The van der Waals surface area contributed by atoms with Gasteiger partial charge in [-0.3, -0.25) is 0 Å². The summed E-state index contributed by atoms with van der Waals surface area (Å²) in [6, 6.07) is 10.2. The van der Waals surface area contributed by atoms with E-state index >= 15 is 0 Å². The molecule has 1 aliphatic rings. The number of hydrogen-bond acceptors (Lipinski definition) is 6. The predicted molar refractivity (Wildman–Crippen MR) is 107 cm³/mol. The molecule has 0 aliphatic heterocycles. The van der Waals surface area contributed by atoms with Crippen molar-refractivity contribution in [1.29, 1.82) is 0 Å². The fourth-order valence-corrected chi connectivity index (χ4v) is 3.41. The van der Waals surface area contributed by atoms with Crippen molar-refractivity contribution in [3.8, 4) is 22.9 Å². The van der Waals surface area contributed by atoms with Gasteiger partial charge in [0.05, 0.1) is 11.3 Å². The van der Waals surface area contributed by atoms with Gasteiger partial charge >= 0.3 is 0 Å². The van der Waals surface area contributed by atoms with Crippen molar-refractivity contribution in [2.24, 2.45) is 0 Å². The topological polar surface area (TPSA) is 86.0 Å². The maximum Gasteiger partial charge on any atom is 0.228 e. The average molecular weight is 379 g/mol. The van der Waals surface area contributed by atoms with Crippen LogP contribution in [0.25, 0.3) is 11.3 Å². The van der Waals surface area contributed by atoms with E-state index in [4.69, 9.17) is 10.5 Å². The third-order valence-corrected chi connectivity index (χ3v) is 4.83. The van der Waals surface area contributed by atoms with Crippen LogP contribution in [0.1, 0.15) is 32.1 Å². The molecule has 1 aromatic carbocycles. The van der Waals surface area contributed by atoms with E-state index in [1.807, 2.05) is 12.1 Å². The summed E-state index contributed by atoms with van der Waals surface area (Å²) in [6.07, 6.45) is 9.18. The van der Waals surface area contributed by atoms with Crippen LogP contribution >= 0.6 is 0 Å². The number of halogens is 1. The van der Waals surface area contributed by atoms with Gasteiger partial charge in [-0.05, 0) is 37.1 Å². The van der Waals surface area contributed by atoms with Crippen LogP contribution in [0.5, 0.6) is 11.6 Å². The lowest BCUT2D eigenvalue weighted by molar-refractivity contribution is 0.429. The maximum absolute atomic E-state index is 14.1. The highest BCUT2D eigenvalue weighted by Crippen LogP contribution is 2.32. The predicted octanol–water partition coefficient (Wildman–Crippen LogP) is 4.80. The highest BCUT2D eigenvalue weighted by atomic mass is 19.1. The molecule has 6 nitrogen and oxygen atoms in total. The summed E-state index contributed by atoms with van der Waals surface area (Å²) >= 11 is 0. The smallest absolute Gasteiger partial charge is 0.228 e. The lowest BCUT2D eigenvalue weighted by Crippen LogP contribution is -2.22. The Morgan fingerprint density at radius 2 is 1.89 bits per heavy atom. The Labute approximate surface area is 163 Å². The molecular weight excluding hydrogens is 357 g/mol. The van der Waals surface area contributed by atoms with Crippen LogP contribution in [0.15, 0.2) is 48.9 Å². The van der Waals surface area contributed by atoms with Gasteiger partial charge in [-0.2, -0.15) is 0 Å². The van der Waals surface area contributed by atoms with Gasteiger partial charge in [0.2, 0.25) is 5.88 Å². The quantitative estimate of drug-likeness (QED) is 0.620. The van der Waals surface area contributed by atoms with Crippen LogP contribution in [0.3, 0.4) is 0 Å². The van der Waals surface area contributed by atoms with Crippen LogP contribution in [0.4, 0.5) is 15.9 Å². The van der Waals surface area contributed by atoms with Crippen molar-refractivity contribution in [1.82, 2.24) is 15.0 Å². The van der Waals surface area contributed by atoms with Gasteiger partial charge in [-0.1, -0.05) is 19.3 Å². The third kappa shape index (κ3) is 4.19. The highest BCUT2D eigenvalue weighted by Gasteiger charge is 2.16. The van der Waals surface area contributed by atoms with Crippen LogP contribution < -0.4 is 15.8 Å². The Morgan fingerprint density at radius 1 is 1.04 bits per heavy atom. The summed E-state index contributed by atoms with van der Waals surface area (Å²) in [5.41, 5.74) is 7.25. The number of nitrogens with zero attached hydrogens (tertiary/aromatic N) is 3. The first-order valence-electron chi connectivity index (χ1n) is 9.46. The Hall–Kier alpha value is -3.22. The fraction of sp³-hybridized carbons (Fsp3) is 0.286. The average Bonchev–Trinajstić information content (AvgIpc) is 2.71. The molecule has 0 atom stereocenters. The molecule has 3 N–H and O–H groups in total. The van der Waals surface area contributed by atoms with E-state index in [9.17, 15) is 4.39 Å². The summed E-state index contributed by atoms with van der Waals surface area (Å²) in [5, 5.41) is 3.49. The Kier molecular flexibility index (Phi) is 5.32. The van der Waals surface area contributed by atoms with Crippen LogP contribution in [-0.4, -0.2) is 21.0 Å². The zero-order chi connectivity index (χ0) is 19.3. The maximum atomic E-state index is 14.1. The van der Waals surface area contributed by atoms with Crippen molar-refractivity contribution < 1.29 is 9.13 Å². The molecule has 1 aliphatic carbocycles. The molecule has 0 radical (unpaired) electrons. The number of anilines is 2. The van der Waals surface area contributed by atoms with Crippen LogP contribution in [0.2, 0.25) is 0 Å². The fourth-order valence-electron chi connectivity index (χ4n) is 3.41. The Morgan fingerprint density at radius 3 is 2.71 bits per heavy atom. The second kappa shape index (κ2) is 8.21. The molecule has 3 aromatic rings. The summed E-state index contributed by atoms with van der Waals surface area (Å²) < 4.78 is 19.8. The first-order valence-corrected chi connectivity index (χ1v) is 9.46. The normalized spacial score (nSPS) is 14.6. The molecule has 28 heavy (non-hydrogen) atoms. The van der Waals surface area contributed by atoms with Gasteiger partial charge in [0, 0.05) is 30.1 Å². The van der Waals surface area contributed by atoms with Crippen molar-refractivity contribution >= 4 is 11.5 Å². The van der Waals surface area contributed by atoms with E-state index in [-0.39, 0.29) is 11.6 Å². The van der Waals surface area contributed by atoms with Gasteiger partial charge in [0.25, 0.3) is 0 Å². The van der Waals surface area contributed by atoms with Crippen molar-refractivity contribution in [2.45, 2.75) is 38.1 Å². The van der Waals surface area contributed by atoms with Crippen molar-refractivity contribution in [2.75, 3.05) is 11.1 Å². The van der Waals surface area contributed by atoms with Crippen molar-refractivity contribution in [3.63, 3.8) is 0 Å².